The number of nitrogens with zero attached hydrogens (tertiary/aromatic N) is 2. The third-order valence-electron chi connectivity index (χ3n) is 4.84. The molecule has 5 heteroatoms. The number of amides is 1. The second kappa shape index (κ2) is 8.04. The van der Waals surface area contributed by atoms with E-state index in [9.17, 15) is 15.0 Å². The zero-order valence-corrected chi connectivity index (χ0v) is 14.9. The maximum atomic E-state index is 13.1. The lowest BCUT2D eigenvalue weighted by Gasteiger charge is -2.33. The van der Waals surface area contributed by atoms with Crippen molar-refractivity contribution in [3.8, 4) is 11.5 Å². The second-order valence-corrected chi connectivity index (χ2v) is 6.72. The van der Waals surface area contributed by atoms with E-state index in [1.807, 2.05) is 25.1 Å². The molecule has 1 aromatic heterocycles. The number of allylic oxidation sites excluding steroid dienone is 1. The fraction of sp³-hybridized carbons (Fsp3) is 0.333. The molecule has 2 N–H and O–H groups in total. The Morgan fingerprint density at radius 2 is 1.88 bits per heavy atom. The van der Waals surface area contributed by atoms with Crippen molar-refractivity contribution in [1.82, 2.24) is 4.98 Å². The molecule has 1 heterocycles. The van der Waals surface area contributed by atoms with Crippen molar-refractivity contribution in [2.24, 2.45) is 0 Å². The average Bonchev–Trinajstić information content (AvgIpc) is 2.66. The maximum absolute atomic E-state index is 13.1. The number of pyridine rings is 1. The third kappa shape index (κ3) is 4.04. The predicted octanol–water partition coefficient (Wildman–Crippen LogP) is 4.26. The number of aromatic nitrogens is 1. The van der Waals surface area contributed by atoms with Gasteiger partial charge in [0, 0.05) is 18.3 Å². The molecule has 0 saturated heterocycles. The summed E-state index contributed by atoms with van der Waals surface area (Å²) in [5.74, 6) is 0.185. The van der Waals surface area contributed by atoms with Crippen LogP contribution in [0, 0.1) is 0 Å². The lowest BCUT2D eigenvalue weighted by atomic mass is 9.94. The van der Waals surface area contributed by atoms with E-state index >= 15 is 0 Å². The molecule has 0 unspecified atom stereocenters. The molecule has 0 radical (unpaired) electrons. The van der Waals surface area contributed by atoms with Crippen molar-refractivity contribution in [3.05, 3.63) is 54.2 Å². The molecule has 136 valence electrons. The molecule has 0 atom stereocenters. The molecule has 1 amide bonds. The van der Waals surface area contributed by atoms with Gasteiger partial charge < -0.3 is 10.2 Å². The molecule has 1 aliphatic carbocycles. The van der Waals surface area contributed by atoms with E-state index in [1.165, 1.54) is 18.6 Å². The molecule has 1 saturated carbocycles. The van der Waals surface area contributed by atoms with Gasteiger partial charge in [-0.2, -0.15) is 0 Å². The lowest BCUT2D eigenvalue weighted by molar-refractivity contribution is -0.114. The van der Waals surface area contributed by atoms with Crippen LogP contribution in [-0.4, -0.2) is 27.1 Å². The molecule has 1 aromatic carbocycles. The van der Waals surface area contributed by atoms with E-state index in [2.05, 4.69) is 4.98 Å². The molecular weight excluding hydrogens is 328 g/mol. The normalized spacial score (nSPS) is 15.7. The summed E-state index contributed by atoms with van der Waals surface area (Å²) in [7, 11) is 0. The van der Waals surface area contributed by atoms with Crippen LogP contribution in [0.4, 0.5) is 5.82 Å². The summed E-state index contributed by atoms with van der Waals surface area (Å²) < 4.78 is 0. The summed E-state index contributed by atoms with van der Waals surface area (Å²) in [6.45, 7) is 1.82. The van der Waals surface area contributed by atoms with E-state index in [4.69, 9.17) is 0 Å². The van der Waals surface area contributed by atoms with Gasteiger partial charge in [0.1, 0.15) is 5.82 Å². The van der Waals surface area contributed by atoms with Crippen LogP contribution in [0.5, 0.6) is 11.5 Å². The van der Waals surface area contributed by atoms with Gasteiger partial charge in [-0.1, -0.05) is 31.4 Å². The van der Waals surface area contributed by atoms with Crippen LogP contribution in [0.15, 0.2) is 48.7 Å². The van der Waals surface area contributed by atoms with E-state index in [-0.39, 0.29) is 23.4 Å². The smallest absolute Gasteiger partial charge is 0.252 e. The number of phenolic OH excluding ortho intramolecular Hbond substituents is 2. The summed E-state index contributed by atoms with van der Waals surface area (Å²) in [5.41, 5.74) is 1.42. The molecule has 3 rings (SSSR count). The first kappa shape index (κ1) is 18.0. The maximum Gasteiger partial charge on any atom is 0.252 e. The summed E-state index contributed by atoms with van der Waals surface area (Å²) in [4.78, 5) is 19.3. The minimum absolute atomic E-state index is 0.110. The largest absolute Gasteiger partial charge is 0.504 e. The number of aromatic hydroxyl groups is 2. The van der Waals surface area contributed by atoms with E-state index < -0.39 is 0 Å². The highest BCUT2D eigenvalue weighted by Crippen LogP contribution is 2.30. The molecule has 0 aliphatic heterocycles. The SMILES string of the molecule is C/C(=C\C(=O)N(c1ccccn1)C1CCCCC1)c1ccc(O)c(O)c1. The summed E-state index contributed by atoms with van der Waals surface area (Å²) in [6.07, 6.45) is 8.69. The predicted molar refractivity (Wildman–Crippen MR) is 102 cm³/mol. The van der Waals surface area contributed by atoms with Crippen molar-refractivity contribution < 1.29 is 15.0 Å². The third-order valence-corrected chi connectivity index (χ3v) is 4.84. The number of rotatable bonds is 4. The Morgan fingerprint density at radius 1 is 1.12 bits per heavy atom. The highest BCUT2D eigenvalue weighted by Gasteiger charge is 2.26. The summed E-state index contributed by atoms with van der Waals surface area (Å²) in [5, 5.41) is 19.2. The Balaban J connectivity index is 1.90. The Labute approximate surface area is 153 Å². The Bertz CT molecular complexity index is 796. The van der Waals surface area contributed by atoms with E-state index in [0.29, 0.717) is 11.4 Å². The Morgan fingerprint density at radius 3 is 2.54 bits per heavy atom. The second-order valence-electron chi connectivity index (χ2n) is 6.72. The Kier molecular flexibility index (Phi) is 5.56. The van der Waals surface area contributed by atoms with Crippen molar-refractivity contribution in [3.63, 3.8) is 0 Å². The number of carbonyl (C=O) groups is 1. The van der Waals surface area contributed by atoms with Gasteiger partial charge in [0.2, 0.25) is 0 Å². The van der Waals surface area contributed by atoms with Crippen LogP contribution < -0.4 is 4.90 Å². The molecule has 5 nitrogen and oxygen atoms in total. The van der Waals surface area contributed by atoms with Crippen LogP contribution in [0.3, 0.4) is 0 Å². The van der Waals surface area contributed by atoms with Gasteiger partial charge in [0.05, 0.1) is 0 Å². The van der Waals surface area contributed by atoms with Gasteiger partial charge in [-0.15, -0.1) is 0 Å². The molecule has 1 aliphatic rings. The molecular formula is C21H24N2O3. The van der Waals surface area contributed by atoms with Crippen LogP contribution in [0.25, 0.3) is 5.57 Å². The molecule has 0 bridgehead atoms. The monoisotopic (exact) mass is 352 g/mol. The van der Waals surface area contributed by atoms with Gasteiger partial charge in [-0.25, -0.2) is 4.98 Å². The first-order chi connectivity index (χ1) is 12.6. The van der Waals surface area contributed by atoms with E-state index in [1.54, 1.807) is 23.2 Å². The summed E-state index contributed by atoms with van der Waals surface area (Å²) in [6, 6.07) is 10.3. The van der Waals surface area contributed by atoms with Gasteiger partial charge in [-0.3, -0.25) is 9.69 Å². The zero-order chi connectivity index (χ0) is 18.5. The van der Waals surface area contributed by atoms with Crippen molar-refractivity contribution in [2.75, 3.05) is 4.90 Å². The zero-order valence-electron chi connectivity index (χ0n) is 14.9. The first-order valence-corrected chi connectivity index (χ1v) is 9.01. The molecule has 26 heavy (non-hydrogen) atoms. The number of hydrogen-bond donors (Lipinski definition) is 2. The average molecular weight is 352 g/mol. The van der Waals surface area contributed by atoms with E-state index in [0.717, 1.165) is 31.3 Å². The fourth-order valence-electron chi connectivity index (χ4n) is 3.42. The van der Waals surface area contributed by atoms with Crippen molar-refractivity contribution in [2.45, 2.75) is 45.1 Å². The van der Waals surface area contributed by atoms with Gasteiger partial charge in [-0.05, 0) is 55.2 Å². The summed E-state index contributed by atoms with van der Waals surface area (Å²) >= 11 is 0. The van der Waals surface area contributed by atoms with Gasteiger partial charge >= 0.3 is 0 Å². The number of hydrogen-bond acceptors (Lipinski definition) is 4. The number of benzene rings is 1. The van der Waals surface area contributed by atoms with Crippen LogP contribution in [-0.2, 0) is 4.79 Å². The van der Waals surface area contributed by atoms with Crippen molar-refractivity contribution in [1.29, 1.82) is 0 Å². The van der Waals surface area contributed by atoms with Gasteiger partial charge in [0.15, 0.2) is 11.5 Å². The minimum Gasteiger partial charge on any atom is -0.504 e. The highest BCUT2D eigenvalue weighted by atomic mass is 16.3. The van der Waals surface area contributed by atoms with Crippen LogP contribution in [0.2, 0.25) is 0 Å². The lowest BCUT2D eigenvalue weighted by Crippen LogP contribution is -2.41. The molecule has 1 fully saturated rings. The molecule has 2 aromatic rings. The quantitative estimate of drug-likeness (QED) is 0.637. The number of phenols is 2. The van der Waals surface area contributed by atoms with Crippen LogP contribution in [0.1, 0.15) is 44.6 Å². The highest BCUT2D eigenvalue weighted by molar-refractivity contribution is 6.05. The van der Waals surface area contributed by atoms with Crippen LogP contribution >= 0.6 is 0 Å². The Hall–Kier alpha value is -2.82. The topological polar surface area (TPSA) is 73.7 Å². The van der Waals surface area contributed by atoms with Crippen molar-refractivity contribution >= 4 is 17.3 Å². The molecule has 0 spiro atoms. The number of carbonyl (C=O) groups excluding carboxylic acids is 1. The minimum atomic E-state index is -0.198. The first-order valence-electron chi connectivity index (χ1n) is 9.01. The van der Waals surface area contributed by atoms with Gasteiger partial charge in [0.25, 0.3) is 5.91 Å². The standard InChI is InChI=1S/C21H24N2O3/c1-15(16-10-11-18(24)19(25)14-16)13-21(26)23(17-7-3-2-4-8-17)20-9-5-6-12-22-20/h5-6,9-14,17,24-25H,2-4,7-8H2,1H3/b15-13+. The fourth-order valence-corrected chi connectivity index (χ4v) is 3.42. The number of anilines is 1.